The number of aryl methyl sites for hydroxylation is 1. The summed E-state index contributed by atoms with van der Waals surface area (Å²) in [5.74, 6) is -2.43. The van der Waals surface area contributed by atoms with Gasteiger partial charge in [0.25, 0.3) is 0 Å². The number of rotatable bonds is 9. The van der Waals surface area contributed by atoms with Crippen molar-refractivity contribution in [3.63, 3.8) is 0 Å². The van der Waals surface area contributed by atoms with E-state index in [0.717, 1.165) is 37.8 Å². The molecule has 1 fully saturated rings. The second-order valence-electron chi connectivity index (χ2n) is 10.5. The van der Waals surface area contributed by atoms with Crippen LogP contribution in [-0.4, -0.2) is 29.7 Å². The van der Waals surface area contributed by atoms with E-state index in [1.54, 1.807) is 19.9 Å². The number of amides is 2. The summed E-state index contributed by atoms with van der Waals surface area (Å²) in [4.78, 5) is 26.9. The SMILES string of the molecule is Cc1ccccc1NC(=O)Nc1cc(C(C)C(C)C(=O)O)c(F)cc1N(CC(C)C)C1CCCCC1. The van der Waals surface area contributed by atoms with Gasteiger partial charge in [-0.25, -0.2) is 9.18 Å². The van der Waals surface area contributed by atoms with Crippen molar-refractivity contribution >= 4 is 29.1 Å². The van der Waals surface area contributed by atoms with Gasteiger partial charge in [0, 0.05) is 18.3 Å². The highest BCUT2D eigenvalue weighted by Gasteiger charge is 2.29. The highest BCUT2D eigenvalue weighted by molar-refractivity contribution is 6.02. The first-order chi connectivity index (χ1) is 17.1. The van der Waals surface area contributed by atoms with E-state index in [0.29, 0.717) is 23.0 Å². The van der Waals surface area contributed by atoms with Gasteiger partial charge in [-0.15, -0.1) is 0 Å². The van der Waals surface area contributed by atoms with Crippen molar-refractivity contribution in [2.75, 3.05) is 22.1 Å². The Kier molecular flexibility index (Phi) is 9.35. The van der Waals surface area contributed by atoms with Crippen LogP contribution in [-0.2, 0) is 4.79 Å². The lowest BCUT2D eigenvalue weighted by molar-refractivity contribution is -0.141. The van der Waals surface area contributed by atoms with Crippen LogP contribution in [0.2, 0.25) is 0 Å². The summed E-state index contributed by atoms with van der Waals surface area (Å²) in [6, 6.07) is 10.5. The highest BCUT2D eigenvalue weighted by atomic mass is 19.1. The van der Waals surface area contributed by atoms with E-state index in [1.807, 2.05) is 31.2 Å². The number of hydrogen-bond acceptors (Lipinski definition) is 3. The molecule has 36 heavy (non-hydrogen) atoms. The van der Waals surface area contributed by atoms with Crippen molar-refractivity contribution in [2.45, 2.75) is 78.7 Å². The maximum atomic E-state index is 15.6. The molecule has 196 valence electrons. The van der Waals surface area contributed by atoms with Gasteiger partial charge in [-0.1, -0.05) is 65.2 Å². The first-order valence-electron chi connectivity index (χ1n) is 13.0. The fraction of sp³-hybridized carbons (Fsp3) is 0.517. The number of urea groups is 1. The average molecular weight is 498 g/mol. The third kappa shape index (κ3) is 6.77. The maximum absolute atomic E-state index is 15.6. The molecule has 0 heterocycles. The van der Waals surface area contributed by atoms with E-state index in [-0.39, 0.29) is 11.6 Å². The van der Waals surface area contributed by atoms with Gasteiger partial charge in [-0.2, -0.15) is 0 Å². The van der Waals surface area contributed by atoms with Crippen LogP contribution >= 0.6 is 0 Å². The highest BCUT2D eigenvalue weighted by Crippen LogP contribution is 2.38. The van der Waals surface area contributed by atoms with Crippen LogP contribution in [0.3, 0.4) is 0 Å². The lowest BCUT2D eigenvalue weighted by Gasteiger charge is -2.38. The van der Waals surface area contributed by atoms with Gasteiger partial charge in [0.05, 0.1) is 17.3 Å². The molecule has 2 amide bonds. The Hall–Kier alpha value is -3.09. The van der Waals surface area contributed by atoms with Crippen molar-refractivity contribution < 1.29 is 19.1 Å². The summed E-state index contributed by atoms with van der Waals surface area (Å²) in [6.45, 7) is 10.2. The van der Waals surface area contributed by atoms with Crippen molar-refractivity contribution in [1.82, 2.24) is 0 Å². The van der Waals surface area contributed by atoms with Crippen LogP contribution in [0.5, 0.6) is 0 Å². The monoisotopic (exact) mass is 497 g/mol. The van der Waals surface area contributed by atoms with Crippen LogP contribution in [0.4, 0.5) is 26.2 Å². The number of carboxylic acid groups (broad SMARTS) is 1. The summed E-state index contributed by atoms with van der Waals surface area (Å²) in [7, 11) is 0. The Morgan fingerprint density at radius 2 is 1.67 bits per heavy atom. The van der Waals surface area contributed by atoms with E-state index in [1.165, 1.54) is 12.5 Å². The van der Waals surface area contributed by atoms with Crippen molar-refractivity contribution in [3.05, 3.63) is 53.3 Å². The Balaban J connectivity index is 2.04. The van der Waals surface area contributed by atoms with Gasteiger partial charge < -0.3 is 20.6 Å². The molecule has 2 aromatic rings. The minimum atomic E-state index is -0.985. The molecule has 0 saturated heterocycles. The van der Waals surface area contributed by atoms with Crippen LogP contribution in [0.1, 0.15) is 76.8 Å². The topological polar surface area (TPSA) is 81.7 Å². The van der Waals surface area contributed by atoms with Gasteiger partial charge >= 0.3 is 12.0 Å². The molecule has 2 unspecified atom stereocenters. The van der Waals surface area contributed by atoms with Crippen LogP contribution in [0.15, 0.2) is 36.4 Å². The van der Waals surface area contributed by atoms with Crippen LogP contribution < -0.4 is 15.5 Å². The molecule has 0 radical (unpaired) electrons. The molecular formula is C29H40FN3O3. The fourth-order valence-corrected chi connectivity index (χ4v) is 4.97. The summed E-state index contributed by atoms with van der Waals surface area (Å²) in [6.07, 6.45) is 5.51. The number of para-hydroxylation sites is 1. The Morgan fingerprint density at radius 3 is 2.28 bits per heavy atom. The minimum absolute atomic E-state index is 0.266. The molecule has 6 nitrogen and oxygen atoms in total. The molecule has 0 aromatic heterocycles. The second kappa shape index (κ2) is 12.2. The zero-order chi connectivity index (χ0) is 26.4. The van der Waals surface area contributed by atoms with Crippen molar-refractivity contribution in [1.29, 1.82) is 0 Å². The summed E-state index contributed by atoms with van der Waals surface area (Å²) in [5.41, 5.74) is 3.05. The van der Waals surface area contributed by atoms with E-state index in [2.05, 4.69) is 29.4 Å². The van der Waals surface area contributed by atoms with Gasteiger partial charge in [-0.3, -0.25) is 4.79 Å². The predicted molar refractivity (Wildman–Crippen MR) is 144 cm³/mol. The first kappa shape index (κ1) is 27.5. The summed E-state index contributed by atoms with van der Waals surface area (Å²) in [5, 5.41) is 15.4. The number of benzene rings is 2. The largest absolute Gasteiger partial charge is 0.481 e. The third-order valence-electron chi connectivity index (χ3n) is 7.27. The molecule has 1 aliphatic rings. The molecule has 0 aliphatic heterocycles. The number of carboxylic acids is 1. The van der Waals surface area contributed by atoms with Gasteiger partial charge in [0.2, 0.25) is 0 Å². The van der Waals surface area contributed by atoms with Crippen molar-refractivity contribution in [2.24, 2.45) is 11.8 Å². The van der Waals surface area contributed by atoms with E-state index >= 15 is 4.39 Å². The number of anilines is 3. The molecule has 1 aliphatic carbocycles. The number of nitrogens with zero attached hydrogens (tertiary/aromatic N) is 1. The number of carbonyl (C=O) groups excluding carboxylic acids is 1. The number of hydrogen-bond donors (Lipinski definition) is 3. The first-order valence-corrected chi connectivity index (χ1v) is 13.0. The maximum Gasteiger partial charge on any atom is 0.323 e. The number of carbonyl (C=O) groups is 2. The Morgan fingerprint density at radius 1 is 1.03 bits per heavy atom. The zero-order valence-corrected chi connectivity index (χ0v) is 22.1. The molecule has 0 bridgehead atoms. The average Bonchev–Trinajstić information content (AvgIpc) is 2.84. The normalized spacial score (nSPS) is 15.9. The molecular weight excluding hydrogens is 457 g/mol. The number of aliphatic carboxylic acids is 1. The molecule has 0 spiro atoms. The molecule has 2 atom stereocenters. The van der Waals surface area contributed by atoms with Gasteiger partial charge in [0.15, 0.2) is 0 Å². The van der Waals surface area contributed by atoms with E-state index in [9.17, 15) is 14.7 Å². The smallest absolute Gasteiger partial charge is 0.323 e. The summed E-state index contributed by atoms with van der Waals surface area (Å²) < 4.78 is 15.6. The molecule has 2 aromatic carbocycles. The van der Waals surface area contributed by atoms with Crippen LogP contribution in [0, 0.1) is 24.6 Å². The van der Waals surface area contributed by atoms with Crippen LogP contribution in [0.25, 0.3) is 0 Å². The van der Waals surface area contributed by atoms with E-state index in [4.69, 9.17) is 0 Å². The molecule has 3 N–H and O–H groups in total. The van der Waals surface area contributed by atoms with Gasteiger partial charge in [0.1, 0.15) is 5.82 Å². The summed E-state index contributed by atoms with van der Waals surface area (Å²) >= 11 is 0. The van der Waals surface area contributed by atoms with Crippen molar-refractivity contribution in [3.8, 4) is 0 Å². The molecule has 7 heteroatoms. The van der Waals surface area contributed by atoms with Gasteiger partial charge in [-0.05, 0) is 60.9 Å². The second-order valence-corrected chi connectivity index (χ2v) is 10.5. The minimum Gasteiger partial charge on any atom is -0.481 e. The standard InChI is InChI=1S/C29H40FN3O3/c1-18(2)17-33(22-12-7-6-8-13-22)27-16-24(30)23(20(4)21(5)28(34)35)15-26(27)32-29(36)31-25-14-10-9-11-19(25)3/h9-11,14-16,18,20-22H,6-8,12-13,17H2,1-5H3,(H,34,35)(H2,31,32,36). The third-order valence-corrected chi connectivity index (χ3v) is 7.27. The lowest BCUT2D eigenvalue weighted by Crippen LogP contribution is -2.40. The quantitative estimate of drug-likeness (QED) is 0.337. The molecule has 1 saturated carbocycles. The number of halogens is 1. The lowest BCUT2D eigenvalue weighted by atomic mass is 9.87. The Bertz CT molecular complexity index is 1070. The Labute approximate surface area is 214 Å². The zero-order valence-electron chi connectivity index (χ0n) is 22.1. The fourth-order valence-electron chi connectivity index (χ4n) is 4.97. The molecule has 3 rings (SSSR count). The van der Waals surface area contributed by atoms with E-state index < -0.39 is 29.7 Å². The predicted octanol–water partition coefficient (Wildman–Crippen LogP) is 7.40. The number of nitrogens with one attached hydrogen (secondary N) is 2.